The van der Waals surface area contributed by atoms with Gasteiger partial charge in [0.05, 0.1) is 11.2 Å². The van der Waals surface area contributed by atoms with Crippen LogP contribution in [0.3, 0.4) is 0 Å². The second-order valence-corrected chi connectivity index (χ2v) is 5.52. The molecule has 0 amide bonds. The van der Waals surface area contributed by atoms with Gasteiger partial charge in [0.1, 0.15) is 17.2 Å². The summed E-state index contributed by atoms with van der Waals surface area (Å²) in [5.74, 6) is 0.529. The third-order valence-electron chi connectivity index (χ3n) is 3.88. The second kappa shape index (κ2) is 6.18. The zero-order chi connectivity index (χ0) is 15.5. The molecule has 0 unspecified atom stereocenters. The first-order chi connectivity index (χ1) is 10.7. The summed E-state index contributed by atoms with van der Waals surface area (Å²) >= 11 is 0. The van der Waals surface area contributed by atoms with Gasteiger partial charge in [0, 0.05) is 12.1 Å². The molecule has 3 aromatic rings. The van der Waals surface area contributed by atoms with E-state index in [1.165, 1.54) is 12.1 Å². The molecule has 114 valence electrons. The summed E-state index contributed by atoms with van der Waals surface area (Å²) in [5, 5.41) is 0. The van der Waals surface area contributed by atoms with E-state index in [1.54, 1.807) is 6.07 Å². The highest BCUT2D eigenvalue weighted by molar-refractivity contribution is 5.90. The quantitative estimate of drug-likeness (QED) is 0.552. The molecule has 0 radical (unpaired) electrons. The molecular weight excluding hydrogens is 277 g/mol. The van der Waals surface area contributed by atoms with Gasteiger partial charge >= 0.3 is 0 Å². The summed E-state index contributed by atoms with van der Waals surface area (Å²) < 4.78 is 15.7. The maximum absolute atomic E-state index is 13.6. The summed E-state index contributed by atoms with van der Waals surface area (Å²) in [6.45, 7) is 3.04. The number of nitrogens with zero attached hydrogens (tertiary/aromatic N) is 2. The van der Waals surface area contributed by atoms with Crippen molar-refractivity contribution in [2.75, 3.05) is 5.73 Å². The van der Waals surface area contributed by atoms with Crippen LogP contribution in [0.25, 0.3) is 22.4 Å². The number of hydrogen-bond donors (Lipinski definition) is 1. The van der Waals surface area contributed by atoms with E-state index < -0.39 is 0 Å². The Morgan fingerprint density at radius 3 is 2.73 bits per heavy atom. The normalized spacial score (nSPS) is 11.2. The maximum atomic E-state index is 13.6. The van der Waals surface area contributed by atoms with Gasteiger partial charge in [0.15, 0.2) is 0 Å². The van der Waals surface area contributed by atoms with E-state index in [-0.39, 0.29) is 5.82 Å². The minimum atomic E-state index is -0.252. The van der Waals surface area contributed by atoms with Crippen molar-refractivity contribution in [3.63, 3.8) is 0 Å². The van der Waals surface area contributed by atoms with Gasteiger partial charge in [-0.15, -0.1) is 0 Å². The average Bonchev–Trinajstić information content (AvgIpc) is 2.88. The molecule has 2 aromatic carbocycles. The minimum Gasteiger partial charge on any atom is -0.397 e. The van der Waals surface area contributed by atoms with Crippen molar-refractivity contribution >= 4 is 16.7 Å². The highest BCUT2D eigenvalue weighted by Crippen LogP contribution is 2.28. The van der Waals surface area contributed by atoms with E-state index in [9.17, 15) is 4.39 Å². The molecule has 0 spiro atoms. The molecule has 0 bridgehead atoms. The van der Waals surface area contributed by atoms with Gasteiger partial charge in [0.2, 0.25) is 0 Å². The lowest BCUT2D eigenvalue weighted by molar-refractivity contribution is 0.615. The molecule has 0 aliphatic rings. The number of fused-ring (bicyclic) bond motifs is 1. The van der Waals surface area contributed by atoms with Crippen molar-refractivity contribution in [3.8, 4) is 11.4 Å². The topological polar surface area (TPSA) is 43.8 Å². The number of para-hydroxylation sites is 1. The van der Waals surface area contributed by atoms with Gasteiger partial charge in [-0.3, -0.25) is 0 Å². The van der Waals surface area contributed by atoms with Crippen LogP contribution < -0.4 is 5.73 Å². The van der Waals surface area contributed by atoms with Crippen LogP contribution in [0.4, 0.5) is 10.1 Å². The number of anilines is 1. The smallest absolute Gasteiger partial charge is 0.141 e. The molecule has 0 atom stereocenters. The Hall–Kier alpha value is -2.36. The largest absolute Gasteiger partial charge is 0.397 e. The van der Waals surface area contributed by atoms with Crippen molar-refractivity contribution in [2.24, 2.45) is 0 Å². The number of nitrogen functional groups attached to an aromatic ring is 1. The summed E-state index contributed by atoms with van der Waals surface area (Å²) in [4.78, 5) is 4.67. The number of halogens is 1. The Balaban J connectivity index is 2.15. The lowest BCUT2D eigenvalue weighted by Gasteiger charge is -2.09. The zero-order valence-electron chi connectivity index (χ0n) is 12.7. The molecule has 1 aromatic heterocycles. The lowest BCUT2D eigenvalue weighted by atomic mass is 10.2. The number of aromatic nitrogens is 2. The fraction of sp³-hybridized carbons (Fsp3) is 0.278. The van der Waals surface area contributed by atoms with E-state index in [1.807, 2.05) is 24.3 Å². The molecule has 0 saturated carbocycles. The summed E-state index contributed by atoms with van der Waals surface area (Å²) in [7, 11) is 0. The van der Waals surface area contributed by atoms with Gasteiger partial charge < -0.3 is 10.3 Å². The van der Waals surface area contributed by atoms with E-state index in [4.69, 9.17) is 5.73 Å². The summed E-state index contributed by atoms with van der Waals surface area (Å²) in [6, 6.07) is 12.4. The Labute approximate surface area is 129 Å². The predicted octanol–water partition coefficient (Wildman–Crippen LogP) is 4.61. The number of unbranched alkanes of at least 4 members (excludes halogenated alkanes) is 2. The van der Waals surface area contributed by atoms with Crippen molar-refractivity contribution in [1.29, 1.82) is 0 Å². The maximum Gasteiger partial charge on any atom is 0.141 e. The van der Waals surface area contributed by atoms with Gasteiger partial charge in [-0.1, -0.05) is 38.0 Å². The Bertz CT molecular complexity index is 792. The van der Waals surface area contributed by atoms with E-state index in [0.717, 1.165) is 48.2 Å². The van der Waals surface area contributed by atoms with Gasteiger partial charge in [-0.2, -0.15) is 0 Å². The predicted molar refractivity (Wildman–Crippen MR) is 89.1 cm³/mol. The molecule has 0 aliphatic heterocycles. The first-order valence-corrected chi connectivity index (χ1v) is 7.71. The van der Waals surface area contributed by atoms with E-state index in [0.29, 0.717) is 5.69 Å². The first-order valence-electron chi connectivity index (χ1n) is 7.71. The van der Waals surface area contributed by atoms with Crippen LogP contribution in [0, 0.1) is 5.82 Å². The third kappa shape index (κ3) is 2.69. The monoisotopic (exact) mass is 297 g/mol. The van der Waals surface area contributed by atoms with Crippen LogP contribution in [0.1, 0.15) is 26.2 Å². The second-order valence-electron chi connectivity index (χ2n) is 5.52. The Morgan fingerprint density at radius 2 is 1.95 bits per heavy atom. The fourth-order valence-corrected chi connectivity index (χ4v) is 2.76. The van der Waals surface area contributed by atoms with Crippen LogP contribution >= 0.6 is 0 Å². The average molecular weight is 297 g/mol. The third-order valence-corrected chi connectivity index (χ3v) is 3.88. The first kappa shape index (κ1) is 14.6. The van der Waals surface area contributed by atoms with Crippen molar-refractivity contribution < 1.29 is 4.39 Å². The molecule has 4 heteroatoms. The van der Waals surface area contributed by atoms with Crippen molar-refractivity contribution in [1.82, 2.24) is 9.55 Å². The standard InChI is InChI=1S/C18H20FN3/c1-2-3-4-11-22-16-10-6-9-15(20)17(16)21-18(22)13-7-5-8-14(19)12-13/h5-10,12H,2-4,11,20H2,1H3. The minimum absolute atomic E-state index is 0.252. The number of nitrogens with two attached hydrogens (primary N) is 1. The molecule has 3 rings (SSSR count). The molecule has 0 fully saturated rings. The van der Waals surface area contributed by atoms with Crippen LogP contribution in [0.2, 0.25) is 0 Å². The molecule has 2 N–H and O–H groups in total. The number of aryl methyl sites for hydroxylation is 1. The number of rotatable bonds is 5. The van der Waals surface area contributed by atoms with Crippen molar-refractivity contribution in [2.45, 2.75) is 32.7 Å². The molecular formula is C18H20FN3. The molecule has 0 saturated heterocycles. The zero-order valence-corrected chi connectivity index (χ0v) is 12.7. The SMILES string of the molecule is CCCCCn1c(-c2cccc(F)c2)nc2c(N)cccc21. The summed E-state index contributed by atoms with van der Waals surface area (Å²) in [6.07, 6.45) is 3.38. The Morgan fingerprint density at radius 1 is 1.14 bits per heavy atom. The van der Waals surface area contributed by atoms with Crippen molar-refractivity contribution in [3.05, 3.63) is 48.3 Å². The molecule has 22 heavy (non-hydrogen) atoms. The Kier molecular flexibility index (Phi) is 4.09. The van der Waals surface area contributed by atoms with Gasteiger partial charge in [0.25, 0.3) is 0 Å². The number of hydrogen-bond acceptors (Lipinski definition) is 2. The van der Waals surface area contributed by atoms with Gasteiger partial charge in [-0.05, 0) is 30.7 Å². The van der Waals surface area contributed by atoms with E-state index >= 15 is 0 Å². The van der Waals surface area contributed by atoms with Crippen LogP contribution in [0.5, 0.6) is 0 Å². The highest BCUT2D eigenvalue weighted by atomic mass is 19.1. The molecule has 0 aliphatic carbocycles. The van der Waals surface area contributed by atoms with Crippen LogP contribution in [0.15, 0.2) is 42.5 Å². The molecule has 1 heterocycles. The van der Waals surface area contributed by atoms with Crippen LogP contribution in [-0.2, 0) is 6.54 Å². The number of imidazole rings is 1. The van der Waals surface area contributed by atoms with Gasteiger partial charge in [-0.25, -0.2) is 9.37 Å². The number of benzene rings is 2. The fourth-order valence-electron chi connectivity index (χ4n) is 2.76. The molecule has 3 nitrogen and oxygen atoms in total. The summed E-state index contributed by atoms with van der Waals surface area (Å²) in [5.41, 5.74) is 9.29. The van der Waals surface area contributed by atoms with E-state index in [2.05, 4.69) is 16.5 Å². The lowest BCUT2D eigenvalue weighted by Crippen LogP contribution is -2.01. The highest BCUT2D eigenvalue weighted by Gasteiger charge is 2.14. The van der Waals surface area contributed by atoms with Crippen LogP contribution in [-0.4, -0.2) is 9.55 Å².